The largest absolute Gasteiger partial charge is 0.496 e. The highest BCUT2D eigenvalue weighted by Crippen LogP contribution is 2.44. The molecule has 0 spiro atoms. The van der Waals surface area contributed by atoms with E-state index in [4.69, 9.17) is 18.7 Å². The van der Waals surface area contributed by atoms with Gasteiger partial charge < -0.3 is 29.4 Å². The summed E-state index contributed by atoms with van der Waals surface area (Å²) in [6, 6.07) is 23.6. The Balaban J connectivity index is 1.37. The van der Waals surface area contributed by atoms with Gasteiger partial charge in [-0.1, -0.05) is 58.0 Å². The van der Waals surface area contributed by atoms with Crippen molar-refractivity contribution in [2.45, 2.75) is 52.9 Å². The monoisotopic (exact) mass is 723 g/mol. The van der Waals surface area contributed by atoms with Crippen LogP contribution in [0.3, 0.4) is 0 Å². The van der Waals surface area contributed by atoms with Crippen molar-refractivity contribution in [3.8, 4) is 23.0 Å². The number of anilines is 2. The maximum atomic E-state index is 13.5. The van der Waals surface area contributed by atoms with Crippen LogP contribution in [-0.2, 0) is 20.9 Å². The first-order valence-electron chi connectivity index (χ1n) is 17.2. The molecule has 0 saturated heterocycles. The van der Waals surface area contributed by atoms with Gasteiger partial charge in [0.2, 0.25) is 7.37 Å². The van der Waals surface area contributed by atoms with Crippen LogP contribution in [0.1, 0.15) is 68.2 Å². The summed E-state index contributed by atoms with van der Waals surface area (Å²) in [6.07, 6.45) is 2.49. The molecule has 52 heavy (non-hydrogen) atoms. The topological polar surface area (TPSA) is 125 Å². The zero-order valence-corrected chi connectivity index (χ0v) is 31.9. The summed E-state index contributed by atoms with van der Waals surface area (Å²) in [4.78, 5) is 30.9. The summed E-state index contributed by atoms with van der Waals surface area (Å²) in [5.74, 6) is 1.95. The van der Waals surface area contributed by atoms with Crippen LogP contribution in [0.15, 0.2) is 85.1 Å². The minimum Gasteiger partial charge on any atom is -0.496 e. The third-order valence-corrected chi connectivity index (χ3v) is 10.6. The molecule has 5 rings (SSSR count). The van der Waals surface area contributed by atoms with Crippen molar-refractivity contribution < 1.29 is 32.9 Å². The van der Waals surface area contributed by atoms with Crippen LogP contribution in [0.4, 0.5) is 16.2 Å². The van der Waals surface area contributed by atoms with Crippen molar-refractivity contribution in [3.63, 3.8) is 0 Å². The molecule has 272 valence electrons. The van der Waals surface area contributed by atoms with Gasteiger partial charge in [-0.05, 0) is 65.9 Å². The number of urea groups is 1. The summed E-state index contributed by atoms with van der Waals surface area (Å²) < 4.78 is 36.2. The van der Waals surface area contributed by atoms with Crippen molar-refractivity contribution in [2.75, 3.05) is 38.1 Å². The number of rotatable bonds is 13. The molecule has 0 aliphatic carbocycles. The van der Waals surface area contributed by atoms with Gasteiger partial charge in [-0.3, -0.25) is 14.3 Å². The van der Waals surface area contributed by atoms with E-state index < -0.39 is 13.4 Å². The van der Waals surface area contributed by atoms with Gasteiger partial charge in [-0.25, -0.2) is 4.79 Å². The zero-order valence-electron chi connectivity index (χ0n) is 31.0. The lowest BCUT2D eigenvalue weighted by atomic mass is 9.85. The van der Waals surface area contributed by atoms with Crippen LogP contribution in [0.5, 0.6) is 23.0 Å². The second-order valence-corrected chi connectivity index (χ2v) is 15.8. The van der Waals surface area contributed by atoms with Gasteiger partial charge in [0, 0.05) is 48.2 Å². The number of benzene rings is 4. The highest BCUT2D eigenvalue weighted by atomic mass is 31.2. The number of fused-ring (bicyclic) bond motifs is 1. The Morgan fingerprint density at radius 2 is 1.56 bits per heavy atom. The van der Waals surface area contributed by atoms with Crippen LogP contribution < -0.4 is 30.1 Å². The van der Waals surface area contributed by atoms with Gasteiger partial charge in [0.25, 0.3) is 0 Å². The lowest BCUT2D eigenvalue weighted by Crippen LogP contribution is -2.22. The number of carbonyl (C=O) groups is 2. The van der Waals surface area contributed by atoms with E-state index in [0.717, 1.165) is 27.6 Å². The second-order valence-electron chi connectivity index (χ2n) is 13.4. The van der Waals surface area contributed by atoms with Gasteiger partial charge in [0.05, 0.1) is 43.1 Å². The van der Waals surface area contributed by atoms with E-state index in [-0.39, 0.29) is 11.2 Å². The fraction of sp³-hybridized carbons (Fsp3) is 0.293. The molecule has 1 heterocycles. The van der Waals surface area contributed by atoms with Crippen LogP contribution >= 0.6 is 7.37 Å². The summed E-state index contributed by atoms with van der Waals surface area (Å²) in [6.45, 7) is 11.7. The molecule has 0 aliphatic rings. The van der Waals surface area contributed by atoms with E-state index in [1.165, 1.54) is 7.11 Å². The van der Waals surface area contributed by atoms with Gasteiger partial charge in [0.1, 0.15) is 17.2 Å². The third-order valence-electron chi connectivity index (χ3n) is 8.62. The number of hydrogen-bond acceptors (Lipinski definition) is 8. The summed E-state index contributed by atoms with van der Waals surface area (Å²) in [7, 11) is 0.0220. The standard InChI is InChI=1S/C41H46N3O7P/c1-9-35(45)32-23-27(41(3,4)5)24-34(39(32)49-7)44-40(46)43-33-16-17-36(31-14-12-11-13-30(31)33)51-29-19-20-42-28(25-29)21-26-15-18-38(37(22-26)48-6)52(8,47)50-10-2/h11-20,22-25H,9-10,21H2,1-8H3,(H2,43,44,46). The van der Waals surface area contributed by atoms with Gasteiger partial charge in [-0.2, -0.15) is 0 Å². The van der Waals surface area contributed by atoms with E-state index in [1.807, 2.05) is 88.4 Å². The molecule has 1 unspecified atom stereocenters. The van der Waals surface area contributed by atoms with Crippen LogP contribution in [0, 0.1) is 0 Å². The minimum absolute atomic E-state index is 0.0735. The molecular formula is C41H46N3O7P. The predicted octanol–water partition coefficient (Wildman–Crippen LogP) is 9.74. The quantitative estimate of drug-likeness (QED) is 0.0909. The van der Waals surface area contributed by atoms with Crippen molar-refractivity contribution in [1.29, 1.82) is 0 Å². The minimum atomic E-state index is -3.02. The molecule has 5 aromatic rings. The number of ether oxygens (including phenoxy) is 3. The van der Waals surface area contributed by atoms with Crippen molar-refractivity contribution >= 4 is 46.6 Å². The Morgan fingerprint density at radius 3 is 2.23 bits per heavy atom. The van der Waals surface area contributed by atoms with E-state index in [1.54, 1.807) is 45.1 Å². The van der Waals surface area contributed by atoms with E-state index in [9.17, 15) is 14.2 Å². The summed E-state index contributed by atoms with van der Waals surface area (Å²) in [5, 5.41) is 7.99. The number of amides is 2. The third kappa shape index (κ3) is 8.64. The SMILES string of the molecule is CCOP(C)(=O)c1ccc(Cc2cc(Oc3ccc(NC(=O)Nc4cc(C(C)(C)C)cc(C(=O)CC)c4OC)c4ccccc34)ccn2)cc1OC. The maximum Gasteiger partial charge on any atom is 0.323 e. The van der Waals surface area contributed by atoms with E-state index in [2.05, 4.69) is 15.6 Å². The maximum absolute atomic E-state index is 13.5. The fourth-order valence-electron chi connectivity index (χ4n) is 5.95. The lowest BCUT2D eigenvalue weighted by Gasteiger charge is -2.23. The normalized spacial score (nSPS) is 12.5. The Bertz CT molecular complexity index is 2160. The van der Waals surface area contributed by atoms with Gasteiger partial charge in [-0.15, -0.1) is 0 Å². The Kier molecular flexibility index (Phi) is 11.7. The van der Waals surface area contributed by atoms with Crippen molar-refractivity contribution in [3.05, 3.63) is 107 Å². The average molecular weight is 724 g/mol. The molecular weight excluding hydrogens is 677 g/mol. The van der Waals surface area contributed by atoms with Crippen LogP contribution in [-0.4, -0.2) is 44.3 Å². The van der Waals surface area contributed by atoms with Gasteiger partial charge >= 0.3 is 6.03 Å². The number of pyridine rings is 1. The number of carbonyl (C=O) groups excluding carboxylic acids is 2. The molecule has 0 radical (unpaired) electrons. The van der Waals surface area contributed by atoms with Gasteiger partial charge in [0.15, 0.2) is 11.5 Å². The zero-order chi connectivity index (χ0) is 37.6. The van der Waals surface area contributed by atoms with E-state index >= 15 is 0 Å². The fourth-order valence-corrected chi connectivity index (χ4v) is 7.49. The molecule has 0 bridgehead atoms. The summed E-state index contributed by atoms with van der Waals surface area (Å²) in [5.41, 5.74) is 3.74. The molecule has 11 heteroatoms. The number of aromatic nitrogens is 1. The molecule has 4 aromatic carbocycles. The summed E-state index contributed by atoms with van der Waals surface area (Å²) >= 11 is 0. The van der Waals surface area contributed by atoms with Crippen molar-refractivity contribution in [1.82, 2.24) is 4.98 Å². The molecule has 0 fully saturated rings. The van der Waals surface area contributed by atoms with Crippen LogP contribution in [0.25, 0.3) is 10.8 Å². The Morgan fingerprint density at radius 1 is 0.827 bits per heavy atom. The first-order chi connectivity index (χ1) is 24.8. The number of hydrogen-bond donors (Lipinski definition) is 2. The molecule has 0 saturated carbocycles. The van der Waals surface area contributed by atoms with Crippen molar-refractivity contribution in [2.24, 2.45) is 0 Å². The first kappa shape index (κ1) is 38.1. The molecule has 2 amide bonds. The molecule has 2 N–H and O–H groups in total. The second kappa shape index (κ2) is 16.0. The number of nitrogens with one attached hydrogen (secondary N) is 2. The lowest BCUT2D eigenvalue weighted by molar-refractivity contribution is 0.0985. The highest BCUT2D eigenvalue weighted by Gasteiger charge is 2.25. The van der Waals surface area contributed by atoms with E-state index in [0.29, 0.717) is 64.7 Å². The Labute approximate surface area is 305 Å². The number of Topliss-reactive ketones (excluding diaryl/α,β-unsaturated/α-hetero) is 1. The first-order valence-corrected chi connectivity index (χ1v) is 19.2. The molecule has 0 aliphatic heterocycles. The number of ketones is 1. The molecule has 1 aromatic heterocycles. The molecule has 1 atom stereocenters. The number of nitrogens with zero attached hydrogens (tertiary/aromatic N) is 1. The van der Waals surface area contributed by atoms with Crippen LogP contribution in [0.2, 0.25) is 0 Å². The smallest absolute Gasteiger partial charge is 0.323 e. The Hall–Kier alpha value is -5.18. The average Bonchev–Trinajstić information content (AvgIpc) is 3.11. The molecule has 10 nitrogen and oxygen atoms in total. The predicted molar refractivity (Wildman–Crippen MR) is 208 cm³/mol. The number of methoxy groups -OCH3 is 2. The highest BCUT2D eigenvalue weighted by molar-refractivity contribution is 7.66.